The monoisotopic (exact) mass is 932 g/mol. The fraction of sp³-hybridized carbons (Fsp3) is 0.176. The molecule has 0 saturated carbocycles. The maximum Gasteiger partial charge on any atom is 0.252 e. The van der Waals surface area contributed by atoms with Gasteiger partial charge in [-0.3, -0.25) is 0 Å². The van der Waals surface area contributed by atoms with Crippen molar-refractivity contribution in [2.24, 2.45) is 0 Å². The molecule has 72 heavy (non-hydrogen) atoms. The average Bonchev–Trinajstić information content (AvgIpc) is 3.40. The lowest BCUT2D eigenvalue weighted by molar-refractivity contribution is 0.866. The van der Waals surface area contributed by atoms with E-state index in [4.69, 9.17) is 0 Å². The highest BCUT2D eigenvalue weighted by Crippen LogP contribution is 2.50. The Morgan fingerprint density at radius 3 is 1.31 bits per heavy atom. The summed E-state index contributed by atoms with van der Waals surface area (Å²) in [5.41, 5.74) is 22.2. The first-order chi connectivity index (χ1) is 35.0. The molecular weight excluding hydrogens is 870 g/mol. The van der Waals surface area contributed by atoms with Crippen LogP contribution in [0.25, 0.3) is 32.7 Å². The molecule has 0 fully saturated rings. The first kappa shape index (κ1) is 45.3. The van der Waals surface area contributed by atoms with Crippen LogP contribution in [0.5, 0.6) is 0 Å². The maximum absolute atomic E-state index is 2.61. The molecule has 3 nitrogen and oxygen atoms in total. The van der Waals surface area contributed by atoms with E-state index in [2.05, 4.69) is 276 Å². The fourth-order valence-corrected chi connectivity index (χ4v) is 11.5. The van der Waals surface area contributed by atoms with Gasteiger partial charge in [0.1, 0.15) is 0 Å². The Kier molecular flexibility index (Phi) is 11.4. The number of rotatable bonds is 10. The summed E-state index contributed by atoms with van der Waals surface area (Å²) in [6.07, 6.45) is 0. The number of hydrogen-bond donors (Lipinski definition) is 0. The van der Waals surface area contributed by atoms with Crippen molar-refractivity contribution in [3.05, 3.63) is 229 Å². The van der Waals surface area contributed by atoms with Crippen molar-refractivity contribution in [2.75, 3.05) is 14.7 Å². The van der Waals surface area contributed by atoms with E-state index in [1.807, 2.05) is 0 Å². The first-order valence-electron chi connectivity index (χ1n) is 26.1. The molecule has 0 bridgehead atoms. The highest BCUT2D eigenvalue weighted by atomic mass is 15.2. The summed E-state index contributed by atoms with van der Waals surface area (Å²) in [6.45, 7) is 18.4. The molecule has 0 amide bonds. The van der Waals surface area contributed by atoms with Crippen molar-refractivity contribution in [3.63, 3.8) is 0 Å². The molecule has 0 saturated heterocycles. The van der Waals surface area contributed by atoms with Gasteiger partial charge in [-0.15, -0.1) is 0 Å². The van der Waals surface area contributed by atoms with Gasteiger partial charge in [0.15, 0.2) is 0 Å². The van der Waals surface area contributed by atoms with Gasteiger partial charge in [0.2, 0.25) is 0 Å². The molecule has 2 heterocycles. The lowest BCUT2D eigenvalue weighted by Crippen LogP contribution is -2.61. The summed E-state index contributed by atoms with van der Waals surface area (Å²) in [4.78, 5) is 7.68. The zero-order chi connectivity index (χ0) is 49.4. The van der Waals surface area contributed by atoms with E-state index < -0.39 is 0 Å². The third-order valence-corrected chi connectivity index (χ3v) is 15.5. The zero-order valence-electron chi connectivity index (χ0n) is 42.9. The lowest BCUT2D eigenvalue weighted by atomic mass is 9.33. The molecule has 12 rings (SSSR count). The van der Waals surface area contributed by atoms with Crippen LogP contribution in [0, 0.1) is 0 Å². The van der Waals surface area contributed by atoms with Crippen LogP contribution in [0.3, 0.4) is 0 Å². The van der Waals surface area contributed by atoms with Crippen LogP contribution in [0.15, 0.2) is 206 Å². The topological polar surface area (TPSA) is 9.72 Å². The van der Waals surface area contributed by atoms with E-state index >= 15 is 0 Å². The minimum atomic E-state index is -0.0267. The van der Waals surface area contributed by atoms with Gasteiger partial charge < -0.3 is 14.7 Å². The predicted octanol–water partition coefficient (Wildman–Crippen LogP) is 17.7. The van der Waals surface area contributed by atoms with Crippen molar-refractivity contribution >= 4 is 95.8 Å². The number of hydrogen-bond acceptors (Lipinski definition) is 3. The molecule has 0 aliphatic carbocycles. The van der Waals surface area contributed by atoms with E-state index in [1.165, 1.54) is 94.1 Å². The molecule has 10 aromatic rings. The SMILES string of the molecule is CC(C)c1ccc(-c2ccccc2N2c3ccc(C(C)C)cc3B3c4cc(C(C)C)ccc4N(c4ccc(C(C)C)cc4)c4cc(N(c5ccc6ccccc6c5)c5ccc6ccccc6c5)cc2c43)cc1. The molecule has 0 radical (unpaired) electrons. The van der Waals surface area contributed by atoms with Gasteiger partial charge in [0.05, 0.1) is 11.4 Å². The normalized spacial score (nSPS) is 12.9. The smallest absolute Gasteiger partial charge is 0.252 e. The van der Waals surface area contributed by atoms with Gasteiger partial charge in [0, 0.05) is 45.4 Å². The molecule has 0 spiro atoms. The van der Waals surface area contributed by atoms with Gasteiger partial charge in [-0.25, -0.2) is 0 Å². The molecule has 0 atom stereocenters. The van der Waals surface area contributed by atoms with Crippen molar-refractivity contribution in [1.82, 2.24) is 0 Å². The Bertz CT molecular complexity index is 3600. The zero-order valence-corrected chi connectivity index (χ0v) is 42.9. The van der Waals surface area contributed by atoms with Gasteiger partial charge >= 0.3 is 0 Å². The minimum absolute atomic E-state index is 0.0267. The third kappa shape index (κ3) is 7.76. The molecule has 0 aromatic heterocycles. The third-order valence-electron chi connectivity index (χ3n) is 15.5. The maximum atomic E-state index is 2.61. The Balaban J connectivity index is 1.21. The van der Waals surface area contributed by atoms with Gasteiger partial charge in [-0.2, -0.15) is 0 Å². The second kappa shape index (κ2) is 18.1. The molecular formula is C68H62BN3. The van der Waals surface area contributed by atoms with Crippen LogP contribution in [-0.4, -0.2) is 6.71 Å². The van der Waals surface area contributed by atoms with Crippen LogP contribution in [0.1, 0.15) is 101 Å². The highest BCUT2D eigenvalue weighted by Gasteiger charge is 2.45. The molecule has 2 aliphatic heterocycles. The van der Waals surface area contributed by atoms with Gasteiger partial charge in [-0.1, -0.05) is 195 Å². The Labute approximate surface area is 427 Å². The van der Waals surface area contributed by atoms with Gasteiger partial charge in [-0.05, 0) is 156 Å². The molecule has 0 N–H and O–H groups in total. The lowest BCUT2D eigenvalue weighted by Gasteiger charge is -2.45. The quantitative estimate of drug-likeness (QED) is 0.127. The summed E-state index contributed by atoms with van der Waals surface area (Å²) in [5.74, 6) is 1.59. The summed E-state index contributed by atoms with van der Waals surface area (Å²) in [6, 6.07) is 78.7. The standard InChI is InChI=1S/C68H62BN3/c1-43(2)47-21-23-51(24-22-47)60-19-13-14-20-63(60)72-65-36-30-53(46(7)8)40-62(65)69-61-39-52(45(5)6)29-35-64(61)71(56-31-25-48(26-32-56)44(3)4)66-41-59(42-67(72)68(66)69)70(57-33-27-49-15-9-11-17-54(49)37-57)58-34-28-50-16-10-12-18-55(50)38-58/h9-46H,1-8H3. The van der Waals surface area contributed by atoms with Crippen molar-refractivity contribution in [2.45, 2.75) is 79.1 Å². The van der Waals surface area contributed by atoms with Crippen LogP contribution in [-0.2, 0) is 0 Å². The highest BCUT2D eigenvalue weighted by molar-refractivity contribution is 7.00. The minimum Gasteiger partial charge on any atom is -0.311 e. The van der Waals surface area contributed by atoms with E-state index in [1.54, 1.807) is 0 Å². The van der Waals surface area contributed by atoms with Crippen LogP contribution >= 0.6 is 0 Å². The molecule has 0 unspecified atom stereocenters. The Hall–Kier alpha value is -7.82. The summed E-state index contributed by atoms with van der Waals surface area (Å²) >= 11 is 0. The van der Waals surface area contributed by atoms with Crippen LogP contribution < -0.4 is 31.1 Å². The summed E-state index contributed by atoms with van der Waals surface area (Å²) in [7, 11) is 0. The number of anilines is 9. The number of benzene rings is 10. The largest absolute Gasteiger partial charge is 0.311 e. The first-order valence-corrected chi connectivity index (χ1v) is 26.1. The molecule has 352 valence electrons. The number of para-hydroxylation sites is 1. The Morgan fingerprint density at radius 1 is 0.333 bits per heavy atom. The van der Waals surface area contributed by atoms with Crippen molar-refractivity contribution < 1.29 is 0 Å². The number of fused-ring (bicyclic) bond motifs is 6. The summed E-state index contributed by atoms with van der Waals surface area (Å²) < 4.78 is 0. The molecule has 2 aliphatic rings. The van der Waals surface area contributed by atoms with E-state index in [-0.39, 0.29) is 6.71 Å². The van der Waals surface area contributed by atoms with Crippen LogP contribution in [0.4, 0.5) is 51.2 Å². The Morgan fingerprint density at radius 2 is 0.778 bits per heavy atom. The summed E-state index contributed by atoms with van der Waals surface area (Å²) in [5, 5.41) is 4.85. The van der Waals surface area contributed by atoms with Crippen molar-refractivity contribution in [3.8, 4) is 11.1 Å². The second-order valence-corrected chi connectivity index (χ2v) is 21.4. The molecule has 10 aromatic carbocycles. The second-order valence-electron chi connectivity index (χ2n) is 21.4. The van der Waals surface area contributed by atoms with Gasteiger partial charge in [0.25, 0.3) is 6.71 Å². The fourth-order valence-electron chi connectivity index (χ4n) is 11.5. The average molecular weight is 932 g/mol. The number of nitrogens with zero attached hydrogens (tertiary/aromatic N) is 3. The molecule has 4 heteroatoms. The van der Waals surface area contributed by atoms with Crippen molar-refractivity contribution in [1.29, 1.82) is 0 Å². The van der Waals surface area contributed by atoms with E-state index in [0.717, 1.165) is 28.4 Å². The predicted molar refractivity (Wildman–Crippen MR) is 312 cm³/mol. The van der Waals surface area contributed by atoms with E-state index in [0.29, 0.717) is 23.7 Å². The van der Waals surface area contributed by atoms with E-state index in [9.17, 15) is 0 Å². The van der Waals surface area contributed by atoms with Crippen LogP contribution in [0.2, 0.25) is 0 Å².